The Labute approximate surface area is 106 Å². The van der Waals surface area contributed by atoms with Crippen molar-refractivity contribution < 1.29 is 8.42 Å². The fourth-order valence-corrected chi connectivity index (χ4v) is 2.70. The van der Waals surface area contributed by atoms with Gasteiger partial charge in [-0.25, -0.2) is 8.42 Å². The largest absolute Gasteiger partial charge is 0.305 e. The predicted octanol–water partition coefficient (Wildman–Crippen LogP) is 1.55. The number of nitrogens with zero attached hydrogens (tertiary/aromatic N) is 1. The summed E-state index contributed by atoms with van der Waals surface area (Å²) in [4.78, 5) is 2.08. The maximum atomic E-state index is 11.0. The third-order valence-corrected chi connectivity index (χ3v) is 4.19. The van der Waals surface area contributed by atoms with E-state index in [1.54, 1.807) is 0 Å². The SMILES string of the molecule is CN(CCS(C)(=O)=O)CC(CS)C(C)(C)C. The highest BCUT2D eigenvalue weighted by Crippen LogP contribution is 2.27. The molecule has 0 saturated carbocycles. The van der Waals surface area contributed by atoms with Gasteiger partial charge in [0.2, 0.25) is 0 Å². The molecule has 0 radical (unpaired) electrons. The van der Waals surface area contributed by atoms with Gasteiger partial charge in [-0.05, 0) is 24.1 Å². The third kappa shape index (κ3) is 7.52. The van der Waals surface area contributed by atoms with Crippen LogP contribution in [-0.2, 0) is 9.84 Å². The lowest BCUT2D eigenvalue weighted by Crippen LogP contribution is -2.36. The van der Waals surface area contributed by atoms with Crippen LogP contribution in [0.1, 0.15) is 20.8 Å². The zero-order valence-corrected chi connectivity index (χ0v) is 12.7. The van der Waals surface area contributed by atoms with Crippen LogP contribution in [0, 0.1) is 11.3 Å². The van der Waals surface area contributed by atoms with Crippen LogP contribution in [0.15, 0.2) is 0 Å². The normalized spacial score (nSPS) is 15.4. The first-order valence-corrected chi connectivity index (χ1v) is 8.22. The van der Waals surface area contributed by atoms with Gasteiger partial charge in [0, 0.05) is 19.3 Å². The van der Waals surface area contributed by atoms with Crippen molar-refractivity contribution >= 4 is 22.5 Å². The average molecular weight is 267 g/mol. The number of hydrogen-bond acceptors (Lipinski definition) is 4. The molecule has 0 aromatic carbocycles. The molecule has 0 heterocycles. The monoisotopic (exact) mass is 267 g/mol. The Kier molecular flexibility index (Phi) is 6.36. The topological polar surface area (TPSA) is 37.4 Å². The van der Waals surface area contributed by atoms with E-state index in [1.807, 2.05) is 7.05 Å². The molecule has 0 saturated heterocycles. The zero-order valence-electron chi connectivity index (χ0n) is 11.0. The molecule has 0 N–H and O–H groups in total. The second-order valence-corrected chi connectivity index (χ2v) is 8.26. The van der Waals surface area contributed by atoms with Gasteiger partial charge in [-0.15, -0.1) is 0 Å². The molecule has 0 bridgehead atoms. The molecule has 1 atom stereocenters. The summed E-state index contributed by atoms with van der Waals surface area (Å²) in [5, 5.41) is 0. The zero-order chi connectivity index (χ0) is 13.0. The van der Waals surface area contributed by atoms with Gasteiger partial charge >= 0.3 is 0 Å². The van der Waals surface area contributed by atoms with Crippen molar-refractivity contribution in [3.63, 3.8) is 0 Å². The van der Waals surface area contributed by atoms with Crippen molar-refractivity contribution in [2.75, 3.05) is 37.9 Å². The van der Waals surface area contributed by atoms with Gasteiger partial charge in [0.15, 0.2) is 0 Å². The van der Waals surface area contributed by atoms with Gasteiger partial charge in [0.05, 0.1) is 5.75 Å². The van der Waals surface area contributed by atoms with Crippen LogP contribution in [0.4, 0.5) is 0 Å². The number of sulfone groups is 1. The maximum Gasteiger partial charge on any atom is 0.148 e. The van der Waals surface area contributed by atoms with E-state index in [0.29, 0.717) is 12.5 Å². The van der Waals surface area contributed by atoms with Gasteiger partial charge < -0.3 is 4.90 Å². The Hall–Kier alpha value is 0.260. The number of rotatable bonds is 6. The molecule has 16 heavy (non-hydrogen) atoms. The van der Waals surface area contributed by atoms with Crippen LogP contribution >= 0.6 is 12.6 Å². The lowest BCUT2D eigenvalue weighted by atomic mass is 9.81. The van der Waals surface area contributed by atoms with E-state index in [9.17, 15) is 8.42 Å². The molecule has 0 aliphatic rings. The molecule has 0 aliphatic heterocycles. The molecule has 0 amide bonds. The Morgan fingerprint density at radius 1 is 1.31 bits per heavy atom. The molecule has 0 aliphatic carbocycles. The van der Waals surface area contributed by atoms with Crippen molar-refractivity contribution in [2.24, 2.45) is 11.3 Å². The van der Waals surface area contributed by atoms with E-state index >= 15 is 0 Å². The van der Waals surface area contributed by atoms with E-state index in [2.05, 4.69) is 38.3 Å². The second kappa shape index (κ2) is 6.26. The van der Waals surface area contributed by atoms with Gasteiger partial charge in [-0.3, -0.25) is 0 Å². The van der Waals surface area contributed by atoms with Crippen molar-refractivity contribution in [1.82, 2.24) is 4.90 Å². The molecule has 5 heteroatoms. The summed E-state index contributed by atoms with van der Waals surface area (Å²) in [7, 11) is -0.892. The fourth-order valence-electron chi connectivity index (χ4n) is 1.39. The van der Waals surface area contributed by atoms with Crippen LogP contribution in [0.25, 0.3) is 0 Å². The first-order valence-electron chi connectivity index (χ1n) is 5.53. The van der Waals surface area contributed by atoms with Crippen molar-refractivity contribution in [2.45, 2.75) is 20.8 Å². The Morgan fingerprint density at radius 3 is 2.12 bits per heavy atom. The summed E-state index contributed by atoms with van der Waals surface area (Å²) in [6.07, 6.45) is 1.28. The number of thiol groups is 1. The van der Waals surface area contributed by atoms with Gasteiger partial charge in [0.25, 0.3) is 0 Å². The molecule has 3 nitrogen and oxygen atoms in total. The fraction of sp³-hybridized carbons (Fsp3) is 1.00. The van der Waals surface area contributed by atoms with Crippen LogP contribution in [-0.4, -0.2) is 51.2 Å². The highest BCUT2D eigenvalue weighted by atomic mass is 32.2. The first-order chi connectivity index (χ1) is 7.06. The average Bonchev–Trinajstić information content (AvgIpc) is 2.07. The minimum absolute atomic E-state index is 0.209. The highest BCUT2D eigenvalue weighted by molar-refractivity contribution is 7.90. The van der Waals surface area contributed by atoms with Crippen molar-refractivity contribution in [1.29, 1.82) is 0 Å². The quantitative estimate of drug-likeness (QED) is 0.742. The Bertz CT molecular complexity index is 294. The maximum absolute atomic E-state index is 11.0. The predicted molar refractivity (Wildman–Crippen MR) is 74.0 cm³/mol. The molecule has 0 fully saturated rings. The molecule has 1 unspecified atom stereocenters. The highest BCUT2D eigenvalue weighted by Gasteiger charge is 2.24. The van der Waals surface area contributed by atoms with Gasteiger partial charge in [0.1, 0.15) is 9.84 Å². The first kappa shape index (κ1) is 16.3. The molecule has 0 aromatic heterocycles. The lowest BCUT2D eigenvalue weighted by Gasteiger charge is -2.32. The van der Waals surface area contributed by atoms with E-state index < -0.39 is 9.84 Å². The summed E-state index contributed by atoms with van der Waals surface area (Å²) in [5.41, 5.74) is 0.209. The molecule has 0 rings (SSSR count). The summed E-state index contributed by atoms with van der Waals surface area (Å²) in [6, 6.07) is 0. The minimum atomic E-state index is -2.86. The van der Waals surface area contributed by atoms with Gasteiger partial charge in [-0.1, -0.05) is 20.8 Å². The van der Waals surface area contributed by atoms with E-state index in [4.69, 9.17) is 0 Å². The lowest BCUT2D eigenvalue weighted by molar-refractivity contribution is 0.192. The molecular weight excluding hydrogens is 242 g/mol. The summed E-state index contributed by atoms with van der Waals surface area (Å²) >= 11 is 4.36. The third-order valence-electron chi connectivity index (χ3n) is 2.82. The standard InChI is InChI=1S/C11H25NO2S2/c1-11(2,3)10(9-15)8-12(4)6-7-16(5,13)14/h10,15H,6-9H2,1-5H3. The summed E-state index contributed by atoms with van der Waals surface area (Å²) < 4.78 is 22.1. The summed E-state index contributed by atoms with van der Waals surface area (Å²) in [6.45, 7) is 8.07. The molecule has 0 spiro atoms. The molecule has 98 valence electrons. The van der Waals surface area contributed by atoms with E-state index in [0.717, 1.165) is 12.3 Å². The van der Waals surface area contributed by atoms with Crippen molar-refractivity contribution in [3.8, 4) is 0 Å². The smallest absolute Gasteiger partial charge is 0.148 e. The Balaban J connectivity index is 4.17. The van der Waals surface area contributed by atoms with Crippen LogP contribution < -0.4 is 0 Å². The second-order valence-electron chi connectivity index (χ2n) is 5.64. The molecule has 0 aromatic rings. The minimum Gasteiger partial charge on any atom is -0.305 e. The van der Waals surface area contributed by atoms with E-state index in [-0.39, 0.29) is 11.2 Å². The van der Waals surface area contributed by atoms with Crippen molar-refractivity contribution in [3.05, 3.63) is 0 Å². The Morgan fingerprint density at radius 2 is 1.81 bits per heavy atom. The van der Waals surface area contributed by atoms with Crippen LogP contribution in [0.2, 0.25) is 0 Å². The summed E-state index contributed by atoms with van der Waals surface area (Å²) in [5.74, 6) is 1.53. The number of hydrogen-bond donors (Lipinski definition) is 1. The van der Waals surface area contributed by atoms with Crippen LogP contribution in [0.3, 0.4) is 0 Å². The van der Waals surface area contributed by atoms with Gasteiger partial charge in [-0.2, -0.15) is 12.6 Å². The molecular formula is C11H25NO2S2. The van der Waals surface area contributed by atoms with E-state index in [1.165, 1.54) is 6.26 Å². The van der Waals surface area contributed by atoms with Crippen LogP contribution in [0.5, 0.6) is 0 Å².